The van der Waals surface area contributed by atoms with Gasteiger partial charge < -0.3 is 5.11 Å². The Bertz CT molecular complexity index is 432. The van der Waals surface area contributed by atoms with Crippen LogP contribution in [0.5, 0.6) is 0 Å². The molecule has 0 spiro atoms. The molecule has 25 heavy (non-hydrogen) atoms. The second kappa shape index (κ2) is 13.3. The van der Waals surface area contributed by atoms with Crippen molar-refractivity contribution in [3.05, 3.63) is 35.4 Å². The number of hydrogen-bond acceptors (Lipinski definition) is 1. The molecule has 3 unspecified atom stereocenters. The number of unbranched alkanes of at least 4 members (excludes halogenated alkanes) is 6. The van der Waals surface area contributed by atoms with Gasteiger partial charge in [0.1, 0.15) is 6.17 Å². The van der Waals surface area contributed by atoms with Crippen molar-refractivity contribution in [2.24, 2.45) is 0 Å². The largest absolute Gasteiger partial charge is 0.390 e. The quantitative estimate of drug-likeness (QED) is 0.385. The van der Waals surface area contributed by atoms with E-state index in [2.05, 4.69) is 6.92 Å². The van der Waals surface area contributed by atoms with Gasteiger partial charge in [-0.1, -0.05) is 83.1 Å². The Hall–Kier alpha value is -0.960. The van der Waals surface area contributed by atoms with Crippen LogP contribution in [-0.2, 0) is 12.8 Å². The molecule has 0 saturated heterocycles. The number of rotatable bonds is 14. The lowest BCUT2D eigenvalue weighted by atomic mass is 9.98. The number of aliphatic hydroxyl groups excluding tert-OH is 1. The van der Waals surface area contributed by atoms with Crippen LogP contribution in [0.2, 0.25) is 0 Å². The van der Waals surface area contributed by atoms with Crippen LogP contribution in [-0.4, -0.2) is 23.6 Å². The fourth-order valence-corrected chi connectivity index (χ4v) is 3.10. The number of aryl methyl sites for hydroxylation is 1. The van der Waals surface area contributed by atoms with E-state index in [1.807, 2.05) is 31.2 Å². The topological polar surface area (TPSA) is 20.2 Å². The maximum absolute atomic E-state index is 14.1. The predicted molar refractivity (Wildman–Crippen MR) is 103 cm³/mol. The van der Waals surface area contributed by atoms with Crippen molar-refractivity contribution in [2.75, 3.05) is 0 Å². The van der Waals surface area contributed by atoms with Gasteiger partial charge in [0, 0.05) is 6.42 Å². The lowest BCUT2D eigenvalue weighted by Crippen LogP contribution is -2.32. The van der Waals surface area contributed by atoms with Crippen LogP contribution in [0, 0.1) is 0 Å². The zero-order chi connectivity index (χ0) is 18.5. The molecule has 0 radical (unpaired) electrons. The smallest absolute Gasteiger partial charge is 0.157 e. The summed E-state index contributed by atoms with van der Waals surface area (Å²) in [5.74, 6) is 0. The molecule has 1 nitrogen and oxygen atoms in total. The Morgan fingerprint density at radius 3 is 2.00 bits per heavy atom. The molecule has 0 saturated carbocycles. The van der Waals surface area contributed by atoms with Gasteiger partial charge in [-0.05, 0) is 30.4 Å². The first kappa shape index (κ1) is 22.1. The van der Waals surface area contributed by atoms with Gasteiger partial charge in [-0.15, -0.1) is 0 Å². The van der Waals surface area contributed by atoms with Gasteiger partial charge >= 0.3 is 0 Å². The minimum atomic E-state index is -1.80. The highest BCUT2D eigenvalue weighted by Crippen LogP contribution is 2.19. The van der Waals surface area contributed by atoms with Crippen molar-refractivity contribution in [2.45, 2.75) is 103 Å². The van der Waals surface area contributed by atoms with E-state index in [0.29, 0.717) is 6.42 Å². The van der Waals surface area contributed by atoms with Crippen molar-refractivity contribution >= 4 is 0 Å². The first-order valence-corrected chi connectivity index (χ1v) is 10.1. The van der Waals surface area contributed by atoms with Gasteiger partial charge in [-0.3, -0.25) is 0 Å². The monoisotopic (exact) mass is 354 g/mol. The van der Waals surface area contributed by atoms with Crippen molar-refractivity contribution in [1.82, 2.24) is 0 Å². The van der Waals surface area contributed by atoms with Gasteiger partial charge in [0.2, 0.25) is 0 Å². The Balaban J connectivity index is 2.33. The Morgan fingerprint density at radius 2 is 1.36 bits per heavy atom. The zero-order valence-corrected chi connectivity index (χ0v) is 16.0. The summed E-state index contributed by atoms with van der Waals surface area (Å²) in [5.41, 5.74) is 2.05. The Morgan fingerprint density at radius 1 is 0.800 bits per heavy atom. The van der Waals surface area contributed by atoms with Gasteiger partial charge in [-0.25, -0.2) is 8.78 Å². The first-order chi connectivity index (χ1) is 12.1. The molecule has 1 aromatic carbocycles. The molecule has 0 fully saturated rings. The molecular weight excluding hydrogens is 318 g/mol. The SMILES string of the molecule is CCCCCCCCc1ccc(CC(F)C(F)C(O)CCCC)cc1. The van der Waals surface area contributed by atoms with Crippen molar-refractivity contribution < 1.29 is 13.9 Å². The van der Waals surface area contributed by atoms with Crippen LogP contribution in [0.25, 0.3) is 0 Å². The van der Waals surface area contributed by atoms with Crippen molar-refractivity contribution in [3.8, 4) is 0 Å². The summed E-state index contributed by atoms with van der Waals surface area (Å²) in [5, 5.41) is 9.70. The zero-order valence-electron chi connectivity index (χ0n) is 16.0. The number of aliphatic hydroxyl groups is 1. The molecule has 0 aliphatic heterocycles. The first-order valence-electron chi connectivity index (χ1n) is 10.1. The van der Waals surface area contributed by atoms with E-state index in [4.69, 9.17) is 0 Å². The third-order valence-electron chi connectivity index (χ3n) is 4.84. The number of halogens is 2. The molecule has 3 atom stereocenters. The molecule has 0 amide bonds. The van der Waals surface area contributed by atoms with Crippen LogP contribution in [0.15, 0.2) is 24.3 Å². The summed E-state index contributed by atoms with van der Waals surface area (Å²) in [6.07, 6.45) is 6.03. The lowest BCUT2D eigenvalue weighted by molar-refractivity contribution is 0.0207. The predicted octanol–water partition coefficient (Wildman–Crippen LogP) is 6.36. The summed E-state index contributed by atoms with van der Waals surface area (Å²) in [4.78, 5) is 0. The van der Waals surface area contributed by atoms with Gasteiger partial charge in [0.25, 0.3) is 0 Å². The average molecular weight is 355 g/mol. The normalized spacial score (nSPS) is 15.1. The van der Waals surface area contributed by atoms with Crippen LogP contribution in [0.1, 0.15) is 82.8 Å². The van der Waals surface area contributed by atoms with Crippen LogP contribution < -0.4 is 0 Å². The van der Waals surface area contributed by atoms with Crippen molar-refractivity contribution in [1.29, 1.82) is 0 Å². The van der Waals surface area contributed by atoms with E-state index in [1.54, 1.807) is 0 Å². The highest BCUT2D eigenvalue weighted by Gasteiger charge is 2.27. The number of hydrogen-bond donors (Lipinski definition) is 1. The third-order valence-corrected chi connectivity index (χ3v) is 4.84. The standard InChI is InChI=1S/C22H36F2O/c1-3-5-7-8-9-10-11-18-13-15-19(16-14-18)17-20(23)22(24)21(25)12-6-4-2/h13-16,20-22,25H,3-12,17H2,1-2H3. The van der Waals surface area contributed by atoms with Crippen molar-refractivity contribution in [3.63, 3.8) is 0 Å². The lowest BCUT2D eigenvalue weighted by Gasteiger charge is -2.19. The summed E-state index contributed by atoms with van der Waals surface area (Å²) in [6, 6.07) is 7.83. The van der Waals surface area contributed by atoms with Gasteiger partial charge in [0.15, 0.2) is 6.17 Å². The molecule has 3 heteroatoms. The van der Waals surface area contributed by atoms with E-state index in [-0.39, 0.29) is 6.42 Å². The average Bonchev–Trinajstić information content (AvgIpc) is 2.63. The molecule has 0 bridgehead atoms. The van der Waals surface area contributed by atoms with Crippen LogP contribution >= 0.6 is 0 Å². The van der Waals surface area contributed by atoms with E-state index in [9.17, 15) is 13.9 Å². The maximum Gasteiger partial charge on any atom is 0.157 e. The number of alkyl halides is 2. The van der Waals surface area contributed by atoms with E-state index in [1.165, 1.54) is 44.1 Å². The second-order valence-corrected chi connectivity index (χ2v) is 7.21. The highest BCUT2D eigenvalue weighted by molar-refractivity contribution is 5.23. The minimum Gasteiger partial charge on any atom is -0.390 e. The minimum absolute atomic E-state index is 0.0294. The molecular formula is C22H36F2O. The van der Waals surface area contributed by atoms with Gasteiger partial charge in [-0.2, -0.15) is 0 Å². The summed E-state index contributed by atoms with van der Waals surface area (Å²) in [7, 11) is 0. The molecule has 1 aromatic rings. The molecule has 0 aromatic heterocycles. The Kier molecular flexibility index (Phi) is 11.7. The van der Waals surface area contributed by atoms with E-state index >= 15 is 0 Å². The molecule has 0 heterocycles. The van der Waals surface area contributed by atoms with E-state index < -0.39 is 18.4 Å². The van der Waals surface area contributed by atoms with E-state index in [0.717, 1.165) is 24.8 Å². The molecule has 144 valence electrons. The Labute approximate surface area is 152 Å². The number of benzene rings is 1. The van der Waals surface area contributed by atoms with Crippen LogP contribution in [0.3, 0.4) is 0 Å². The summed E-state index contributed by atoms with van der Waals surface area (Å²) in [6.45, 7) is 4.19. The summed E-state index contributed by atoms with van der Waals surface area (Å²) < 4.78 is 28.0. The fraction of sp³-hybridized carbons (Fsp3) is 0.727. The van der Waals surface area contributed by atoms with Crippen LogP contribution in [0.4, 0.5) is 8.78 Å². The molecule has 1 rings (SSSR count). The molecule has 0 aliphatic carbocycles. The van der Waals surface area contributed by atoms with Gasteiger partial charge in [0.05, 0.1) is 6.10 Å². The highest BCUT2D eigenvalue weighted by atomic mass is 19.2. The fourth-order valence-electron chi connectivity index (χ4n) is 3.10. The summed E-state index contributed by atoms with van der Waals surface area (Å²) >= 11 is 0. The molecule has 0 aliphatic rings. The second-order valence-electron chi connectivity index (χ2n) is 7.21. The molecule has 1 N–H and O–H groups in total. The maximum atomic E-state index is 14.1. The third kappa shape index (κ3) is 9.34.